The summed E-state index contributed by atoms with van der Waals surface area (Å²) >= 11 is 0.337. The smallest absolute Gasteiger partial charge is 0.427 e. The highest BCUT2D eigenvalue weighted by molar-refractivity contribution is 7.10. The zero-order valence-corrected chi connectivity index (χ0v) is 10.7. The molecular weight excluding hydrogens is 285 g/mol. The first kappa shape index (κ1) is 15.4. The summed E-state index contributed by atoms with van der Waals surface area (Å²) in [6.07, 6.45) is -4.97. The number of alkyl halides is 3. The van der Waals surface area contributed by atoms with Gasteiger partial charge in [-0.05, 0) is 6.92 Å². The van der Waals surface area contributed by atoms with E-state index in [9.17, 15) is 22.8 Å². The molecule has 0 unspecified atom stereocenters. The highest BCUT2D eigenvalue weighted by Crippen LogP contribution is 2.35. The number of aromatic nitrogens is 1. The standard InChI is InChI=1S/C10H11F3N2O3S/c1-2-15(4-3-6(16)17)9(18)7-8(10(11,12)13)19-5-14-7/h5H,2-4H2,1H3,(H,16,17). The fourth-order valence-corrected chi connectivity index (χ4v) is 2.03. The Labute approximate surface area is 110 Å². The Balaban J connectivity index is 2.92. The summed E-state index contributed by atoms with van der Waals surface area (Å²) in [5.74, 6) is -2.03. The number of aliphatic carboxylic acids is 1. The predicted octanol–water partition coefficient (Wildman–Crippen LogP) is 2.10. The van der Waals surface area contributed by atoms with Gasteiger partial charge in [-0.15, -0.1) is 11.3 Å². The predicted molar refractivity (Wildman–Crippen MR) is 60.9 cm³/mol. The Hall–Kier alpha value is -1.64. The minimum atomic E-state index is -4.64. The number of carboxylic acids is 1. The maximum atomic E-state index is 12.6. The number of hydrogen-bond acceptors (Lipinski definition) is 4. The van der Waals surface area contributed by atoms with Gasteiger partial charge in [0.25, 0.3) is 5.91 Å². The van der Waals surface area contributed by atoms with Crippen LogP contribution in [0.5, 0.6) is 0 Å². The van der Waals surface area contributed by atoms with E-state index in [1.807, 2.05) is 0 Å². The average molecular weight is 296 g/mol. The molecule has 0 aromatic carbocycles. The van der Waals surface area contributed by atoms with Crippen LogP contribution in [0.4, 0.5) is 13.2 Å². The molecule has 1 aromatic rings. The van der Waals surface area contributed by atoms with E-state index in [1.54, 1.807) is 6.92 Å². The molecule has 1 aromatic heterocycles. The van der Waals surface area contributed by atoms with E-state index in [-0.39, 0.29) is 19.5 Å². The molecule has 0 spiro atoms. The fourth-order valence-electron chi connectivity index (χ4n) is 1.38. The number of carbonyl (C=O) groups is 2. The van der Waals surface area contributed by atoms with Crippen molar-refractivity contribution in [3.8, 4) is 0 Å². The van der Waals surface area contributed by atoms with Crippen molar-refractivity contribution < 1.29 is 27.9 Å². The van der Waals surface area contributed by atoms with Crippen LogP contribution in [0.25, 0.3) is 0 Å². The molecule has 1 amide bonds. The number of rotatable bonds is 5. The summed E-state index contributed by atoms with van der Waals surface area (Å²) in [4.78, 5) is 25.7. The highest BCUT2D eigenvalue weighted by atomic mass is 32.1. The van der Waals surface area contributed by atoms with Gasteiger partial charge in [-0.25, -0.2) is 4.98 Å². The normalized spacial score (nSPS) is 11.4. The van der Waals surface area contributed by atoms with Crippen molar-refractivity contribution in [2.24, 2.45) is 0 Å². The topological polar surface area (TPSA) is 70.5 Å². The Bertz CT molecular complexity index is 473. The van der Waals surface area contributed by atoms with Crippen molar-refractivity contribution in [3.05, 3.63) is 16.1 Å². The fraction of sp³-hybridized carbons (Fsp3) is 0.500. The number of thiazole rings is 1. The van der Waals surface area contributed by atoms with Crippen molar-refractivity contribution in [3.63, 3.8) is 0 Å². The molecule has 0 aliphatic rings. The summed E-state index contributed by atoms with van der Waals surface area (Å²) in [5.41, 5.74) is 0.269. The summed E-state index contributed by atoms with van der Waals surface area (Å²) < 4.78 is 37.9. The summed E-state index contributed by atoms with van der Waals surface area (Å²) in [7, 11) is 0. The molecular formula is C10H11F3N2O3S. The second-order valence-electron chi connectivity index (χ2n) is 3.56. The van der Waals surface area contributed by atoms with Gasteiger partial charge in [0.2, 0.25) is 0 Å². The number of halogens is 3. The van der Waals surface area contributed by atoms with Gasteiger partial charge in [0, 0.05) is 13.1 Å². The molecule has 5 nitrogen and oxygen atoms in total. The molecule has 106 valence electrons. The minimum Gasteiger partial charge on any atom is -0.481 e. The Kier molecular flexibility index (Phi) is 4.87. The molecule has 0 radical (unpaired) electrons. The zero-order chi connectivity index (χ0) is 14.6. The lowest BCUT2D eigenvalue weighted by Gasteiger charge is -2.19. The second-order valence-corrected chi connectivity index (χ2v) is 4.41. The van der Waals surface area contributed by atoms with Gasteiger partial charge in [0.15, 0.2) is 5.69 Å². The molecule has 1 N–H and O–H groups in total. The van der Waals surface area contributed by atoms with Crippen molar-refractivity contribution in [2.45, 2.75) is 19.5 Å². The third kappa shape index (κ3) is 3.91. The van der Waals surface area contributed by atoms with Gasteiger partial charge in [-0.3, -0.25) is 9.59 Å². The first-order valence-corrected chi connectivity index (χ1v) is 6.17. The monoisotopic (exact) mass is 296 g/mol. The van der Waals surface area contributed by atoms with Gasteiger partial charge in [0.05, 0.1) is 11.9 Å². The second kappa shape index (κ2) is 6.00. The molecule has 0 fully saturated rings. The van der Waals surface area contributed by atoms with E-state index in [0.717, 1.165) is 10.4 Å². The number of carbonyl (C=O) groups excluding carboxylic acids is 1. The zero-order valence-electron chi connectivity index (χ0n) is 9.90. The molecule has 19 heavy (non-hydrogen) atoms. The number of hydrogen-bond donors (Lipinski definition) is 1. The molecule has 0 aliphatic heterocycles. The molecule has 1 heterocycles. The van der Waals surface area contributed by atoms with Crippen LogP contribution in [0.15, 0.2) is 5.51 Å². The summed E-state index contributed by atoms with van der Waals surface area (Å²) in [6.45, 7) is 1.51. The first-order chi connectivity index (χ1) is 8.77. The molecule has 1 rings (SSSR count). The Morgan fingerprint density at radius 2 is 2.11 bits per heavy atom. The number of amides is 1. The van der Waals surface area contributed by atoms with Crippen LogP contribution in [0.2, 0.25) is 0 Å². The van der Waals surface area contributed by atoms with Crippen molar-refractivity contribution >= 4 is 23.2 Å². The summed E-state index contributed by atoms with van der Waals surface area (Å²) in [6, 6.07) is 0. The molecule has 0 saturated carbocycles. The van der Waals surface area contributed by atoms with Gasteiger partial charge < -0.3 is 10.0 Å². The maximum Gasteiger partial charge on any atom is 0.427 e. The summed E-state index contributed by atoms with van der Waals surface area (Å²) in [5, 5.41) is 8.52. The van der Waals surface area contributed by atoms with Crippen LogP contribution in [0.3, 0.4) is 0 Å². The van der Waals surface area contributed by atoms with E-state index in [2.05, 4.69) is 4.98 Å². The van der Waals surface area contributed by atoms with Gasteiger partial charge >= 0.3 is 12.1 Å². The van der Waals surface area contributed by atoms with Crippen LogP contribution in [0, 0.1) is 0 Å². The van der Waals surface area contributed by atoms with Gasteiger partial charge in [0.1, 0.15) is 4.88 Å². The molecule has 0 saturated heterocycles. The highest BCUT2D eigenvalue weighted by Gasteiger charge is 2.38. The van der Waals surface area contributed by atoms with Crippen LogP contribution in [-0.2, 0) is 11.0 Å². The van der Waals surface area contributed by atoms with Crippen LogP contribution in [-0.4, -0.2) is 40.0 Å². The lowest BCUT2D eigenvalue weighted by Crippen LogP contribution is -2.34. The third-order valence-electron chi connectivity index (χ3n) is 2.29. The van der Waals surface area contributed by atoms with E-state index in [0.29, 0.717) is 11.3 Å². The quantitative estimate of drug-likeness (QED) is 0.903. The lowest BCUT2D eigenvalue weighted by molar-refractivity contribution is -0.137. The van der Waals surface area contributed by atoms with E-state index in [1.165, 1.54) is 0 Å². The molecule has 0 bridgehead atoms. The van der Waals surface area contributed by atoms with Crippen LogP contribution >= 0.6 is 11.3 Å². The average Bonchev–Trinajstić information content (AvgIpc) is 2.77. The van der Waals surface area contributed by atoms with Gasteiger partial charge in [-0.1, -0.05) is 0 Å². The SMILES string of the molecule is CCN(CCC(=O)O)C(=O)c1ncsc1C(F)(F)F. The minimum absolute atomic E-state index is 0.112. The third-order valence-corrected chi connectivity index (χ3v) is 3.16. The number of carboxylic acid groups (broad SMARTS) is 1. The molecule has 9 heteroatoms. The largest absolute Gasteiger partial charge is 0.481 e. The van der Waals surface area contributed by atoms with E-state index in [4.69, 9.17) is 5.11 Å². The van der Waals surface area contributed by atoms with Gasteiger partial charge in [-0.2, -0.15) is 13.2 Å². The lowest BCUT2D eigenvalue weighted by atomic mass is 10.3. The van der Waals surface area contributed by atoms with Crippen molar-refractivity contribution in [1.82, 2.24) is 9.88 Å². The Morgan fingerprint density at radius 1 is 1.47 bits per heavy atom. The molecule has 0 atom stereocenters. The molecule has 0 aliphatic carbocycles. The maximum absolute atomic E-state index is 12.6. The first-order valence-electron chi connectivity index (χ1n) is 5.29. The van der Waals surface area contributed by atoms with Crippen LogP contribution in [0.1, 0.15) is 28.7 Å². The Morgan fingerprint density at radius 3 is 2.58 bits per heavy atom. The van der Waals surface area contributed by atoms with Crippen molar-refractivity contribution in [1.29, 1.82) is 0 Å². The van der Waals surface area contributed by atoms with Crippen molar-refractivity contribution in [2.75, 3.05) is 13.1 Å². The van der Waals surface area contributed by atoms with E-state index < -0.39 is 28.6 Å². The van der Waals surface area contributed by atoms with Crippen LogP contribution < -0.4 is 0 Å². The number of nitrogens with zero attached hydrogens (tertiary/aromatic N) is 2. The van der Waals surface area contributed by atoms with E-state index >= 15 is 0 Å².